The standard InChI is InChI=1S/C18H36O/c1-17(19)15-13-11-9-7-5-6-8-10-12-14-16-18(2,3)4/h5-16H2,1-4H3. The van der Waals surface area contributed by atoms with E-state index < -0.39 is 0 Å². The topological polar surface area (TPSA) is 17.1 Å². The molecule has 0 spiro atoms. The second kappa shape index (κ2) is 11.5. The van der Waals surface area contributed by atoms with E-state index in [-0.39, 0.29) is 0 Å². The van der Waals surface area contributed by atoms with Gasteiger partial charge < -0.3 is 4.79 Å². The van der Waals surface area contributed by atoms with Crippen LogP contribution in [0.4, 0.5) is 0 Å². The van der Waals surface area contributed by atoms with Crippen molar-refractivity contribution < 1.29 is 4.79 Å². The minimum absolute atomic E-state index is 0.343. The van der Waals surface area contributed by atoms with E-state index in [1.54, 1.807) is 6.92 Å². The first-order valence-corrected chi connectivity index (χ1v) is 8.41. The molecule has 0 bridgehead atoms. The van der Waals surface area contributed by atoms with Crippen molar-refractivity contribution in [1.82, 2.24) is 0 Å². The second-order valence-corrected chi connectivity index (χ2v) is 7.30. The Balaban J connectivity index is 3.05. The summed E-state index contributed by atoms with van der Waals surface area (Å²) in [5.41, 5.74) is 0.514. The van der Waals surface area contributed by atoms with Gasteiger partial charge in [0, 0.05) is 6.42 Å². The fourth-order valence-electron chi connectivity index (χ4n) is 2.44. The third-order valence-electron chi connectivity index (χ3n) is 3.71. The van der Waals surface area contributed by atoms with Crippen molar-refractivity contribution in [3.63, 3.8) is 0 Å². The zero-order valence-corrected chi connectivity index (χ0v) is 13.9. The highest BCUT2D eigenvalue weighted by molar-refractivity contribution is 5.75. The lowest BCUT2D eigenvalue weighted by molar-refractivity contribution is -0.117. The van der Waals surface area contributed by atoms with E-state index in [0.29, 0.717) is 11.2 Å². The Labute approximate surface area is 121 Å². The molecule has 0 aromatic heterocycles. The van der Waals surface area contributed by atoms with Crippen LogP contribution >= 0.6 is 0 Å². The highest BCUT2D eigenvalue weighted by Gasteiger charge is 2.08. The summed E-state index contributed by atoms with van der Waals surface area (Å²) in [6.45, 7) is 8.69. The normalized spacial score (nSPS) is 11.8. The van der Waals surface area contributed by atoms with Crippen LogP contribution < -0.4 is 0 Å². The van der Waals surface area contributed by atoms with E-state index in [9.17, 15) is 4.79 Å². The van der Waals surface area contributed by atoms with Gasteiger partial charge in [0.15, 0.2) is 0 Å². The molecule has 0 saturated carbocycles. The largest absolute Gasteiger partial charge is 0.300 e. The Kier molecular flexibility index (Phi) is 11.3. The van der Waals surface area contributed by atoms with Gasteiger partial charge in [0.1, 0.15) is 5.78 Å². The molecule has 0 aromatic carbocycles. The number of carbonyl (C=O) groups excluding carboxylic acids is 1. The van der Waals surface area contributed by atoms with Crippen LogP contribution in [0.5, 0.6) is 0 Å². The number of hydrogen-bond acceptors (Lipinski definition) is 1. The Morgan fingerprint density at radius 2 is 1.05 bits per heavy atom. The molecule has 0 radical (unpaired) electrons. The smallest absolute Gasteiger partial charge is 0.129 e. The molecular formula is C18H36O. The average molecular weight is 268 g/mol. The maximum Gasteiger partial charge on any atom is 0.129 e. The monoisotopic (exact) mass is 268 g/mol. The van der Waals surface area contributed by atoms with Gasteiger partial charge in [-0.2, -0.15) is 0 Å². The molecule has 0 heterocycles. The predicted molar refractivity (Wildman–Crippen MR) is 85.5 cm³/mol. The molecule has 0 saturated heterocycles. The third kappa shape index (κ3) is 17.7. The van der Waals surface area contributed by atoms with Crippen molar-refractivity contribution in [3.8, 4) is 0 Å². The average Bonchev–Trinajstić information content (AvgIpc) is 2.28. The summed E-state index contributed by atoms with van der Waals surface area (Å²) in [7, 11) is 0. The van der Waals surface area contributed by atoms with Crippen molar-refractivity contribution in [2.24, 2.45) is 5.41 Å². The summed E-state index contributed by atoms with van der Waals surface area (Å²) >= 11 is 0. The Morgan fingerprint density at radius 3 is 1.42 bits per heavy atom. The molecule has 19 heavy (non-hydrogen) atoms. The van der Waals surface area contributed by atoms with Gasteiger partial charge in [-0.25, -0.2) is 0 Å². The lowest BCUT2D eigenvalue weighted by Gasteiger charge is -2.17. The highest BCUT2D eigenvalue weighted by Crippen LogP contribution is 2.22. The fourth-order valence-corrected chi connectivity index (χ4v) is 2.44. The van der Waals surface area contributed by atoms with Crippen LogP contribution in [-0.4, -0.2) is 5.78 Å². The van der Waals surface area contributed by atoms with Crippen LogP contribution in [0, 0.1) is 5.41 Å². The van der Waals surface area contributed by atoms with Crippen LogP contribution in [-0.2, 0) is 4.79 Å². The number of carbonyl (C=O) groups is 1. The Hall–Kier alpha value is -0.330. The summed E-state index contributed by atoms with van der Waals surface area (Å²) < 4.78 is 0. The molecule has 0 aliphatic heterocycles. The van der Waals surface area contributed by atoms with Crippen LogP contribution in [0.3, 0.4) is 0 Å². The van der Waals surface area contributed by atoms with E-state index in [2.05, 4.69) is 20.8 Å². The van der Waals surface area contributed by atoms with Gasteiger partial charge in [-0.3, -0.25) is 0 Å². The van der Waals surface area contributed by atoms with Crippen LogP contribution in [0.15, 0.2) is 0 Å². The van der Waals surface area contributed by atoms with E-state index >= 15 is 0 Å². The summed E-state index contributed by atoms with van der Waals surface area (Å²) in [4.78, 5) is 10.8. The first kappa shape index (κ1) is 18.7. The molecule has 0 aliphatic rings. The van der Waals surface area contributed by atoms with Crippen LogP contribution in [0.1, 0.15) is 105 Å². The summed E-state index contributed by atoms with van der Waals surface area (Å²) in [6.07, 6.45) is 15.6. The van der Waals surface area contributed by atoms with Crippen molar-refractivity contribution in [3.05, 3.63) is 0 Å². The Morgan fingerprint density at radius 1 is 0.684 bits per heavy atom. The van der Waals surface area contributed by atoms with Crippen molar-refractivity contribution in [1.29, 1.82) is 0 Å². The van der Waals surface area contributed by atoms with Crippen molar-refractivity contribution in [2.45, 2.75) is 105 Å². The molecule has 0 aromatic rings. The number of rotatable bonds is 12. The lowest BCUT2D eigenvalue weighted by atomic mass is 9.89. The van der Waals surface area contributed by atoms with Gasteiger partial charge in [-0.15, -0.1) is 0 Å². The predicted octanol–water partition coefficient (Wildman–Crippen LogP) is 6.30. The Bertz CT molecular complexity index is 212. The SMILES string of the molecule is CC(=O)CCCCCCCCCCCCC(C)(C)C. The molecule has 0 fully saturated rings. The van der Waals surface area contributed by atoms with Crippen LogP contribution in [0.2, 0.25) is 0 Å². The van der Waals surface area contributed by atoms with E-state index in [4.69, 9.17) is 0 Å². The molecule has 1 nitrogen and oxygen atoms in total. The summed E-state index contributed by atoms with van der Waals surface area (Å²) in [6, 6.07) is 0. The second-order valence-electron chi connectivity index (χ2n) is 7.30. The molecule has 0 N–H and O–H groups in total. The van der Waals surface area contributed by atoms with Gasteiger partial charge in [-0.1, -0.05) is 78.6 Å². The number of hydrogen-bond donors (Lipinski definition) is 0. The minimum atomic E-state index is 0.343. The first-order chi connectivity index (χ1) is 8.92. The lowest BCUT2D eigenvalue weighted by Crippen LogP contribution is -2.03. The molecule has 1 heteroatoms. The zero-order valence-electron chi connectivity index (χ0n) is 13.9. The maximum absolute atomic E-state index is 10.8. The highest BCUT2D eigenvalue weighted by atomic mass is 16.1. The van der Waals surface area contributed by atoms with E-state index in [1.807, 2.05) is 0 Å². The molecule has 0 amide bonds. The third-order valence-corrected chi connectivity index (χ3v) is 3.71. The van der Waals surface area contributed by atoms with Crippen molar-refractivity contribution in [2.75, 3.05) is 0 Å². The molecule has 0 atom stereocenters. The van der Waals surface area contributed by atoms with Crippen molar-refractivity contribution >= 4 is 5.78 Å². The van der Waals surface area contributed by atoms with Gasteiger partial charge in [0.2, 0.25) is 0 Å². The van der Waals surface area contributed by atoms with Crippen LogP contribution in [0.25, 0.3) is 0 Å². The van der Waals surface area contributed by atoms with E-state index in [0.717, 1.165) is 12.8 Å². The molecule has 0 unspecified atom stereocenters. The maximum atomic E-state index is 10.8. The molecule has 114 valence electrons. The fraction of sp³-hybridized carbons (Fsp3) is 0.944. The minimum Gasteiger partial charge on any atom is -0.300 e. The molecule has 0 aliphatic carbocycles. The summed E-state index contributed by atoms with van der Waals surface area (Å²) in [5, 5.41) is 0. The summed E-state index contributed by atoms with van der Waals surface area (Å²) in [5.74, 6) is 0.343. The number of unbranched alkanes of at least 4 members (excludes halogenated alkanes) is 9. The quantitative estimate of drug-likeness (QED) is 0.379. The first-order valence-electron chi connectivity index (χ1n) is 8.41. The van der Waals surface area contributed by atoms with Gasteiger partial charge >= 0.3 is 0 Å². The van der Waals surface area contributed by atoms with Gasteiger partial charge in [0.05, 0.1) is 0 Å². The van der Waals surface area contributed by atoms with Gasteiger partial charge in [0.25, 0.3) is 0 Å². The molecular weight excluding hydrogens is 232 g/mol. The zero-order chi connectivity index (χ0) is 14.6. The van der Waals surface area contributed by atoms with Gasteiger partial charge in [-0.05, 0) is 25.2 Å². The number of Topliss-reactive ketones (excluding diaryl/α,β-unsaturated/α-hetero) is 1. The number of ketones is 1. The van der Waals surface area contributed by atoms with E-state index in [1.165, 1.54) is 64.2 Å². The molecule has 0 rings (SSSR count).